The predicted molar refractivity (Wildman–Crippen MR) is 75.1 cm³/mol. The first-order valence-corrected chi connectivity index (χ1v) is 7.32. The average Bonchev–Trinajstić information content (AvgIpc) is 2.30. The molecule has 1 nitrogen and oxygen atoms in total. The van der Waals surface area contributed by atoms with Crippen LogP contribution in [0.5, 0.6) is 0 Å². The van der Waals surface area contributed by atoms with Crippen LogP contribution in [-0.2, 0) is 12.8 Å². The smallest absolute Gasteiger partial charge is 0.0171 e. The molecule has 0 saturated carbocycles. The summed E-state index contributed by atoms with van der Waals surface area (Å²) in [6.07, 6.45) is 3.35. The maximum Gasteiger partial charge on any atom is 0.0171 e. The standard InChI is InChI=1S/C14H23NS/c1-3-9-16-11-14(15)10-13-7-5-12(4-2)6-8-13/h5-8,14H,3-4,9-11,15H2,1-2H3. The van der Waals surface area contributed by atoms with Crippen LogP contribution in [0, 0.1) is 0 Å². The molecule has 0 spiro atoms. The second-order valence-corrected chi connectivity index (χ2v) is 5.36. The van der Waals surface area contributed by atoms with Gasteiger partial charge in [-0.05, 0) is 36.1 Å². The summed E-state index contributed by atoms with van der Waals surface area (Å²) < 4.78 is 0. The minimum absolute atomic E-state index is 0.295. The first kappa shape index (κ1) is 13.6. The van der Waals surface area contributed by atoms with Gasteiger partial charge in [0.2, 0.25) is 0 Å². The van der Waals surface area contributed by atoms with Crippen molar-refractivity contribution in [1.29, 1.82) is 0 Å². The third-order valence-electron chi connectivity index (χ3n) is 2.61. The summed E-state index contributed by atoms with van der Waals surface area (Å²) in [5.41, 5.74) is 8.86. The number of hydrogen-bond acceptors (Lipinski definition) is 2. The van der Waals surface area contributed by atoms with E-state index in [-0.39, 0.29) is 0 Å². The van der Waals surface area contributed by atoms with Crippen LogP contribution in [0.2, 0.25) is 0 Å². The van der Waals surface area contributed by atoms with Gasteiger partial charge < -0.3 is 5.73 Å². The van der Waals surface area contributed by atoms with E-state index in [0.29, 0.717) is 6.04 Å². The Hall–Kier alpha value is -0.470. The Balaban J connectivity index is 2.34. The summed E-state index contributed by atoms with van der Waals surface area (Å²) in [4.78, 5) is 0. The van der Waals surface area contributed by atoms with Gasteiger partial charge in [0.05, 0.1) is 0 Å². The lowest BCUT2D eigenvalue weighted by atomic mass is 10.0. The second kappa shape index (κ2) is 7.75. The largest absolute Gasteiger partial charge is 0.327 e. The maximum atomic E-state index is 6.10. The predicted octanol–water partition coefficient (Wildman–Crippen LogP) is 3.26. The van der Waals surface area contributed by atoms with Crippen molar-refractivity contribution < 1.29 is 0 Å². The van der Waals surface area contributed by atoms with Crippen LogP contribution in [0.25, 0.3) is 0 Å². The van der Waals surface area contributed by atoms with E-state index < -0.39 is 0 Å². The quantitative estimate of drug-likeness (QED) is 0.737. The molecule has 1 atom stereocenters. The van der Waals surface area contributed by atoms with Crippen LogP contribution in [0.1, 0.15) is 31.4 Å². The Kier molecular flexibility index (Phi) is 6.58. The monoisotopic (exact) mass is 237 g/mol. The van der Waals surface area contributed by atoms with E-state index in [1.54, 1.807) is 0 Å². The molecule has 2 heteroatoms. The Morgan fingerprint density at radius 3 is 2.31 bits per heavy atom. The molecular formula is C14H23NS. The van der Waals surface area contributed by atoms with E-state index in [4.69, 9.17) is 5.73 Å². The fourth-order valence-corrected chi connectivity index (χ4v) is 2.53. The molecule has 0 heterocycles. The van der Waals surface area contributed by atoms with E-state index in [1.165, 1.54) is 23.3 Å². The van der Waals surface area contributed by atoms with E-state index in [2.05, 4.69) is 38.1 Å². The molecule has 0 aromatic heterocycles. The lowest BCUT2D eigenvalue weighted by molar-refractivity contribution is 0.748. The molecule has 1 aromatic carbocycles. The molecule has 0 amide bonds. The molecule has 2 N–H and O–H groups in total. The average molecular weight is 237 g/mol. The van der Waals surface area contributed by atoms with Crippen LogP contribution in [0.15, 0.2) is 24.3 Å². The van der Waals surface area contributed by atoms with Crippen molar-refractivity contribution in [3.05, 3.63) is 35.4 Å². The van der Waals surface area contributed by atoms with Crippen molar-refractivity contribution in [2.75, 3.05) is 11.5 Å². The van der Waals surface area contributed by atoms with Gasteiger partial charge >= 0.3 is 0 Å². The number of nitrogens with two attached hydrogens (primary N) is 1. The van der Waals surface area contributed by atoms with Gasteiger partial charge in [-0.25, -0.2) is 0 Å². The zero-order valence-electron chi connectivity index (χ0n) is 10.4. The zero-order chi connectivity index (χ0) is 11.8. The van der Waals surface area contributed by atoms with Crippen LogP contribution in [0.4, 0.5) is 0 Å². The van der Waals surface area contributed by atoms with Crippen molar-refractivity contribution in [3.8, 4) is 0 Å². The van der Waals surface area contributed by atoms with Gasteiger partial charge in [-0.2, -0.15) is 11.8 Å². The van der Waals surface area contributed by atoms with Crippen LogP contribution in [0.3, 0.4) is 0 Å². The van der Waals surface area contributed by atoms with E-state index in [0.717, 1.165) is 18.6 Å². The Morgan fingerprint density at radius 2 is 1.75 bits per heavy atom. The molecule has 16 heavy (non-hydrogen) atoms. The maximum absolute atomic E-state index is 6.10. The van der Waals surface area contributed by atoms with E-state index >= 15 is 0 Å². The summed E-state index contributed by atoms with van der Waals surface area (Å²) >= 11 is 1.96. The lowest BCUT2D eigenvalue weighted by Gasteiger charge is -2.11. The minimum atomic E-state index is 0.295. The molecule has 1 rings (SSSR count). The number of aryl methyl sites for hydroxylation is 1. The minimum Gasteiger partial charge on any atom is -0.327 e. The number of hydrogen-bond donors (Lipinski definition) is 1. The second-order valence-electron chi connectivity index (χ2n) is 4.21. The molecule has 90 valence electrons. The summed E-state index contributed by atoms with van der Waals surface area (Å²) in [6, 6.07) is 9.14. The van der Waals surface area contributed by atoms with E-state index in [1.807, 2.05) is 11.8 Å². The van der Waals surface area contributed by atoms with E-state index in [9.17, 15) is 0 Å². The van der Waals surface area contributed by atoms with Crippen molar-refractivity contribution in [3.63, 3.8) is 0 Å². The molecule has 0 radical (unpaired) electrons. The molecule has 0 aliphatic carbocycles. The van der Waals surface area contributed by atoms with Crippen molar-refractivity contribution >= 4 is 11.8 Å². The highest BCUT2D eigenvalue weighted by Gasteiger charge is 2.03. The van der Waals surface area contributed by atoms with Gasteiger partial charge in [0.1, 0.15) is 0 Å². The van der Waals surface area contributed by atoms with Crippen molar-refractivity contribution in [2.24, 2.45) is 5.73 Å². The van der Waals surface area contributed by atoms with Gasteiger partial charge in [0.25, 0.3) is 0 Å². The molecule has 0 aliphatic heterocycles. The fourth-order valence-electron chi connectivity index (χ4n) is 1.65. The Labute approximate surface area is 104 Å². The summed E-state index contributed by atoms with van der Waals surface area (Å²) in [5, 5.41) is 0. The Bertz CT molecular complexity index is 281. The SMILES string of the molecule is CCCSCC(N)Cc1ccc(CC)cc1. The summed E-state index contributed by atoms with van der Waals surface area (Å²) in [6.45, 7) is 4.39. The van der Waals surface area contributed by atoms with Gasteiger partial charge in [-0.1, -0.05) is 38.1 Å². The van der Waals surface area contributed by atoms with Crippen LogP contribution >= 0.6 is 11.8 Å². The van der Waals surface area contributed by atoms with Gasteiger partial charge in [-0.15, -0.1) is 0 Å². The summed E-state index contributed by atoms with van der Waals surface area (Å²) in [5.74, 6) is 2.30. The van der Waals surface area contributed by atoms with Crippen LogP contribution < -0.4 is 5.73 Å². The van der Waals surface area contributed by atoms with Crippen molar-refractivity contribution in [2.45, 2.75) is 39.2 Å². The molecule has 0 fully saturated rings. The first-order chi connectivity index (χ1) is 7.76. The van der Waals surface area contributed by atoms with Gasteiger partial charge in [0, 0.05) is 11.8 Å². The highest BCUT2D eigenvalue weighted by molar-refractivity contribution is 7.99. The highest BCUT2D eigenvalue weighted by Crippen LogP contribution is 2.10. The topological polar surface area (TPSA) is 26.0 Å². The Morgan fingerprint density at radius 1 is 1.12 bits per heavy atom. The van der Waals surface area contributed by atoms with Gasteiger partial charge in [-0.3, -0.25) is 0 Å². The normalized spacial score (nSPS) is 12.7. The van der Waals surface area contributed by atoms with Crippen LogP contribution in [-0.4, -0.2) is 17.5 Å². The molecule has 1 unspecified atom stereocenters. The zero-order valence-corrected chi connectivity index (χ0v) is 11.2. The first-order valence-electron chi connectivity index (χ1n) is 6.17. The lowest BCUT2D eigenvalue weighted by Crippen LogP contribution is -2.25. The fraction of sp³-hybridized carbons (Fsp3) is 0.571. The third-order valence-corrected chi connectivity index (χ3v) is 3.97. The number of benzene rings is 1. The highest BCUT2D eigenvalue weighted by atomic mass is 32.2. The summed E-state index contributed by atoms with van der Waals surface area (Å²) in [7, 11) is 0. The van der Waals surface area contributed by atoms with Gasteiger partial charge in [0.15, 0.2) is 0 Å². The van der Waals surface area contributed by atoms with Crippen molar-refractivity contribution in [1.82, 2.24) is 0 Å². The molecule has 1 aromatic rings. The molecule has 0 saturated heterocycles. The molecular weight excluding hydrogens is 214 g/mol. The molecule has 0 aliphatic rings. The number of thioether (sulfide) groups is 1. The number of rotatable bonds is 7. The third kappa shape index (κ3) is 5.04. The molecule has 0 bridgehead atoms.